The van der Waals surface area contributed by atoms with Crippen LogP contribution in [0.1, 0.15) is 17.5 Å². The first kappa shape index (κ1) is 28.2. The summed E-state index contributed by atoms with van der Waals surface area (Å²) in [7, 11) is 6.46. The first-order valence-electron chi connectivity index (χ1n) is 12.8. The van der Waals surface area contributed by atoms with Crippen molar-refractivity contribution in [3.05, 3.63) is 63.9 Å². The molecule has 5 rings (SSSR count). The average Bonchev–Trinajstić information content (AvgIpc) is 2.87. The lowest BCUT2D eigenvalue weighted by atomic mass is 9.57. The number of likely N-dealkylation sites (N-methyl/N-ethyl adjacent to an activating group) is 1. The summed E-state index contributed by atoms with van der Waals surface area (Å²) in [4.78, 5) is 42.5. The van der Waals surface area contributed by atoms with Gasteiger partial charge in [0.05, 0.1) is 11.6 Å². The number of carbonyl (C=O) groups is 3. The van der Waals surface area contributed by atoms with Crippen molar-refractivity contribution in [3.63, 3.8) is 0 Å². The number of carbonyl (C=O) groups excluding carboxylic acids is 3. The molecule has 10 nitrogen and oxygen atoms in total. The fourth-order valence-electron chi connectivity index (χ4n) is 6.57. The summed E-state index contributed by atoms with van der Waals surface area (Å²) >= 11 is 0. The fraction of sp³-hybridized carbons (Fsp3) is 0.345. The summed E-state index contributed by atoms with van der Waals surface area (Å²) in [5.41, 5.74) is 2.35. The number of aromatic hydroxyl groups is 1. The Kier molecular flexibility index (Phi) is 6.47. The molecule has 0 aromatic heterocycles. The maximum Gasteiger partial charge on any atom is 0.255 e. The highest BCUT2D eigenvalue weighted by molar-refractivity contribution is 6.24. The van der Waals surface area contributed by atoms with Gasteiger partial charge in [0.25, 0.3) is 5.91 Å². The van der Waals surface area contributed by atoms with Gasteiger partial charge in [0.2, 0.25) is 5.78 Å². The first-order chi connectivity index (χ1) is 19.1. The van der Waals surface area contributed by atoms with Crippen LogP contribution in [0.4, 0.5) is 14.5 Å². The van der Waals surface area contributed by atoms with E-state index in [9.17, 15) is 43.6 Å². The van der Waals surface area contributed by atoms with Gasteiger partial charge in [0, 0.05) is 36.8 Å². The highest BCUT2D eigenvalue weighted by atomic mass is 19.2. The van der Waals surface area contributed by atoms with Crippen molar-refractivity contribution >= 4 is 28.9 Å². The number of phenolic OH excluding ortho intramolecular Hbond substituents is 1. The monoisotopic (exact) mass is 569 g/mol. The van der Waals surface area contributed by atoms with Crippen LogP contribution in [0.3, 0.4) is 0 Å². The molecule has 0 radical (unpaired) electrons. The van der Waals surface area contributed by atoms with Gasteiger partial charge >= 0.3 is 0 Å². The molecule has 12 heteroatoms. The van der Waals surface area contributed by atoms with E-state index in [1.807, 2.05) is 0 Å². The molecule has 216 valence electrons. The number of benzene rings is 2. The van der Waals surface area contributed by atoms with E-state index in [0.29, 0.717) is 11.3 Å². The van der Waals surface area contributed by atoms with E-state index in [1.54, 1.807) is 25.1 Å². The van der Waals surface area contributed by atoms with Gasteiger partial charge in [0.15, 0.2) is 23.0 Å². The largest absolute Gasteiger partial charge is 0.508 e. The van der Waals surface area contributed by atoms with Gasteiger partial charge in [0.1, 0.15) is 22.8 Å². The number of nitrogens with two attached hydrogens (primary N) is 1. The molecule has 41 heavy (non-hydrogen) atoms. The minimum Gasteiger partial charge on any atom is -0.508 e. The number of halogens is 2. The number of amides is 1. The predicted octanol–water partition coefficient (Wildman–Crippen LogP) is 1.98. The van der Waals surface area contributed by atoms with Crippen LogP contribution < -0.4 is 10.6 Å². The summed E-state index contributed by atoms with van der Waals surface area (Å²) in [6.45, 7) is 0. The smallest absolute Gasteiger partial charge is 0.255 e. The molecular weight excluding hydrogens is 540 g/mol. The lowest BCUT2D eigenvalue weighted by Crippen LogP contribution is -2.65. The van der Waals surface area contributed by atoms with Gasteiger partial charge in [-0.15, -0.1) is 0 Å². The standard InChI is InChI=1S/C29H29F2N3O7/c1-33(2)18-10-13(11-5-6-16(30)17(31)9-11)23(35)20-14(18)7-12-8-15-22(34(3)4)25(37)21(28(32)40)27(39)29(15,41)26(38)19(12)24(20)36/h5-6,9-10,12,15,22,35-36,39,41H,7-8H2,1-4H3,(H2,32,40)/t12-,15+,22-,29-/m1/s1. The Morgan fingerprint density at radius 3 is 2.27 bits per heavy atom. The van der Waals surface area contributed by atoms with Crippen LogP contribution in [-0.4, -0.2) is 82.6 Å². The molecule has 0 unspecified atom stereocenters. The number of hydrogen-bond acceptors (Lipinski definition) is 9. The Balaban J connectivity index is 1.78. The molecule has 1 amide bonds. The van der Waals surface area contributed by atoms with Crippen molar-refractivity contribution < 1.29 is 43.6 Å². The number of phenols is 1. The van der Waals surface area contributed by atoms with Crippen molar-refractivity contribution in [3.8, 4) is 16.9 Å². The highest BCUT2D eigenvalue weighted by Gasteiger charge is 2.64. The second kappa shape index (κ2) is 9.38. The molecule has 0 aliphatic heterocycles. The van der Waals surface area contributed by atoms with Gasteiger partial charge in [-0.05, 0) is 62.2 Å². The predicted molar refractivity (Wildman–Crippen MR) is 144 cm³/mol. The van der Waals surface area contributed by atoms with Crippen LogP contribution in [-0.2, 0) is 20.8 Å². The third-order valence-electron chi connectivity index (χ3n) is 8.41. The van der Waals surface area contributed by atoms with E-state index < -0.39 is 75.4 Å². The summed E-state index contributed by atoms with van der Waals surface area (Å²) in [5, 5.41) is 45.6. The number of Topliss-reactive ketones (excluding diaryl/α,β-unsaturated/α-hetero) is 2. The molecule has 0 heterocycles. The number of ketones is 2. The normalized spacial score (nSPS) is 25.7. The molecule has 2 aromatic rings. The molecule has 6 N–H and O–H groups in total. The van der Waals surface area contributed by atoms with Gasteiger partial charge in [-0.2, -0.15) is 0 Å². The third kappa shape index (κ3) is 3.85. The Hall–Kier alpha value is -4.29. The molecular formula is C29H29F2N3O7. The van der Waals surface area contributed by atoms with E-state index in [0.717, 1.165) is 12.1 Å². The minimum absolute atomic E-state index is 0.0477. The topological polar surface area (TPSA) is 165 Å². The molecule has 4 atom stereocenters. The summed E-state index contributed by atoms with van der Waals surface area (Å²) in [6, 6.07) is 3.40. The van der Waals surface area contributed by atoms with Gasteiger partial charge < -0.3 is 31.1 Å². The average molecular weight is 570 g/mol. The Bertz CT molecular complexity index is 1610. The highest BCUT2D eigenvalue weighted by Crippen LogP contribution is 2.54. The second-order valence-corrected chi connectivity index (χ2v) is 11.1. The number of primary amides is 1. The maximum atomic E-state index is 14.1. The quantitative estimate of drug-likeness (QED) is 0.346. The SMILES string of the molecule is CN(C)c1cc(-c2ccc(F)c(F)c2)c(O)c2c1C[C@@H]1C[C@H]3[C@@H](N(C)C)C(=O)C(C(N)=O)=C(O)[C@]3(O)C(=O)C1=C2O. The molecule has 0 spiro atoms. The van der Waals surface area contributed by atoms with Crippen LogP contribution in [0.2, 0.25) is 0 Å². The minimum atomic E-state index is -2.76. The van der Waals surface area contributed by atoms with Crippen molar-refractivity contribution in [1.29, 1.82) is 0 Å². The van der Waals surface area contributed by atoms with Crippen LogP contribution in [0, 0.1) is 23.5 Å². The molecule has 1 fully saturated rings. The van der Waals surface area contributed by atoms with Crippen molar-refractivity contribution in [2.45, 2.75) is 24.5 Å². The van der Waals surface area contributed by atoms with Gasteiger partial charge in [-0.25, -0.2) is 8.78 Å². The summed E-state index contributed by atoms with van der Waals surface area (Å²) in [6.07, 6.45) is 0.0397. The Morgan fingerprint density at radius 2 is 1.71 bits per heavy atom. The summed E-state index contributed by atoms with van der Waals surface area (Å²) < 4.78 is 27.7. The molecule has 1 saturated carbocycles. The van der Waals surface area contributed by atoms with Crippen LogP contribution in [0.15, 0.2) is 41.2 Å². The number of rotatable bonds is 4. The zero-order chi connectivity index (χ0) is 30.3. The second-order valence-electron chi connectivity index (χ2n) is 11.1. The number of aliphatic hydroxyl groups is 3. The van der Waals surface area contributed by atoms with E-state index >= 15 is 0 Å². The van der Waals surface area contributed by atoms with E-state index in [4.69, 9.17) is 5.73 Å². The van der Waals surface area contributed by atoms with E-state index in [-0.39, 0.29) is 35.1 Å². The van der Waals surface area contributed by atoms with Crippen LogP contribution in [0.25, 0.3) is 16.9 Å². The molecule has 3 aliphatic carbocycles. The maximum absolute atomic E-state index is 14.1. The number of fused-ring (bicyclic) bond motifs is 3. The van der Waals surface area contributed by atoms with Crippen LogP contribution >= 0.6 is 0 Å². The zero-order valence-corrected chi connectivity index (χ0v) is 22.7. The van der Waals surface area contributed by atoms with Gasteiger partial charge in [-0.1, -0.05) is 6.07 Å². The molecule has 0 bridgehead atoms. The van der Waals surface area contributed by atoms with Gasteiger partial charge in [-0.3, -0.25) is 19.3 Å². The zero-order valence-electron chi connectivity index (χ0n) is 22.7. The Labute approximate surface area is 233 Å². The Morgan fingerprint density at radius 1 is 1.05 bits per heavy atom. The van der Waals surface area contributed by atoms with E-state index in [2.05, 4.69) is 0 Å². The number of aliphatic hydroxyl groups excluding tert-OH is 2. The first-order valence-corrected chi connectivity index (χ1v) is 12.8. The lowest BCUT2D eigenvalue weighted by molar-refractivity contribution is -0.153. The third-order valence-corrected chi connectivity index (χ3v) is 8.41. The number of hydrogen-bond donors (Lipinski definition) is 5. The number of nitrogens with zero attached hydrogens (tertiary/aromatic N) is 2. The fourth-order valence-corrected chi connectivity index (χ4v) is 6.57. The summed E-state index contributed by atoms with van der Waals surface area (Å²) in [5.74, 6) is -9.84. The number of anilines is 1. The van der Waals surface area contributed by atoms with Crippen LogP contribution in [0.5, 0.6) is 5.75 Å². The van der Waals surface area contributed by atoms with E-state index in [1.165, 1.54) is 25.1 Å². The van der Waals surface area contributed by atoms with Crippen molar-refractivity contribution in [1.82, 2.24) is 4.90 Å². The molecule has 2 aromatic carbocycles. The lowest BCUT2D eigenvalue weighted by Gasteiger charge is -2.50. The molecule has 0 saturated heterocycles. The molecule has 3 aliphatic rings. The van der Waals surface area contributed by atoms with Crippen molar-refractivity contribution in [2.75, 3.05) is 33.1 Å². The van der Waals surface area contributed by atoms with Crippen molar-refractivity contribution in [2.24, 2.45) is 17.6 Å².